The Kier molecular flexibility index (Phi) is 36.1. The third-order valence-corrected chi connectivity index (χ3v) is 13.4. The van der Waals surface area contributed by atoms with Gasteiger partial charge in [-0.05, 0) is 95.9 Å². The molecule has 0 spiro atoms. The molecule has 8 heterocycles. The molecule has 514 valence electrons. The molecule has 0 atom stereocenters. The van der Waals surface area contributed by atoms with Crippen LogP contribution >= 0.6 is 22.6 Å². The topological polar surface area (TPSA) is 435 Å². The molecular formula is C67H59IN13Na2O19+. The van der Waals surface area contributed by atoms with Crippen molar-refractivity contribution in [3.05, 3.63) is 293 Å². The molecule has 0 bridgehead atoms. The van der Waals surface area contributed by atoms with E-state index >= 15 is 0 Å². The van der Waals surface area contributed by atoms with E-state index < -0.39 is 37.6 Å². The Balaban J connectivity index is 0.000000623. The number of non-ortho nitro benzene ring substituents is 5. The van der Waals surface area contributed by atoms with E-state index in [1.54, 1.807) is 142 Å². The van der Waals surface area contributed by atoms with Crippen LogP contribution in [0.3, 0.4) is 0 Å². The fourth-order valence-corrected chi connectivity index (χ4v) is 8.83. The molecule has 0 saturated heterocycles. The number of carboxylic acid groups (broad SMARTS) is 1. The molecular weight excluding hydrogens is 1460 g/mol. The van der Waals surface area contributed by atoms with E-state index in [1.807, 2.05) is 54.9 Å². The van der Waals surface area contributed by atoms with Crippen molar-refractivity contribution in [1.82, 2.24) is 33.2 Å². The van der Waals surface area contributed by atoms with Gasteiger partial charge in [0.15, 0.2) is 25.9 Å². The van der Waals surface area contributed by atoms with Gasteiger partial charge in [0.05, 0.1) is 52.3 Å². The minimum atomic E-state index is -0.942. The van der Waals surface area contributed by atoms with Gasteiger partial charge in [0.25, 0.3) is 28.4 Å². The SMILES string of the molecule is C=O.CI.C[n+]1cccc(C(=O)OCn2ccc3cc([N+](=O)[O-])ccc32)c1.Cn1ccc2cc([N+](=O)[O-])ccc21.O=C(O)c1cccnc1.O=C(OCn1ccc2cc([N+](=O)[O-])ccc21)c1cccnc1.O=Cn1ccc2cc([N+](=O)[O-])ccc21.O=[N+]([O-])c1ccc2[nH]ccc2c1.[2H]C#C.[H-].[Na+].[Na+].[OH-]. The molecule has 0 fully saturated rings. The summed E-state index contributed by atoms with van der Waals surface area (Å²) in [6.45, 7) is 2.06. The number of fused-ring (bicyclic) bond motifs is 5. The van der Waals surface area contributed by atoms with Gasteiger partial charge >= 0.3 is 77.0 Å². The number of hydrogen-bond acceptors (Lipinski definition) is 20. The number of nitro groups is 5. The molecule has 0 radical (unpaired) electrons. The van der Waals surface area contributed by atoms with Gasteiger partial charge in [-0.25, -0.2) is 19.0 Å². The molecule has 0 amide bonds. The van der Waals surface area contributed by atoms with Gasteiger partial charge in [-0.2, -0.15) is 0 Å². The van der Waals surface area contributed by atoms with Crippen molar-refractivity contribution in [2.24, 2.45) is 14.1 Å². The van der Waals surface area contributed by atoms with E-state index in [0.717, 1.165) is 38.2 Å². The van der Waals surface area contributed by atoms with Crippen LogP contribution in [-0.2, 0) is 46.6 Å². The summed E-state index contributed by atoms with van der Waals surface area (Å²) in [6, 6.07) is 41.7. The summed E-state index contributed by atoms with van der Waals surface area (Å²) < 4.78 is 24.7. The number of carbonyl (C=O) groups is 5. The summed E-state index contributed by atoms with van der Waals surface area (Å²) in [5, 5.41) is 65.0. The van der Waals surface area contributed by atoms with Gasteiger partial charge in [0.2, 0.25) is 6.41 Å². The maximum atomic E-state index is 12.0. The Morgan fingerprint density at radius 2 is 0.971 bits per heavy atom. The van der Waals surface area contributed by atoms with E-state index in [9.17, 15) is 69.7 Å². The van der Waals surface area contributed by atoms with E-state index in [4.69, 9.17) is 20.7 Å². The first-order valence-electron chi connectivity index (χ1n) is 28.5. The molecule has 0 unspecified atom stereocenters. The smallest absolute Gasteiger partial charge is 1.00 e. The van der Waals surface area contributed by atoms with E-state index in [2.05, 4.69) is 44.0 Å². The molecule has 102 heavy (non-hydrogen) atoms. The van der Waals surface area contributed by atoms with Crippen molar-refractivity contribution in [3.8, 4) is 12.8 Å². The monoisotopic (exact) mass is 1520 g/mol. The number of pyridine rings is 3. The van der Waals surface area contributed by atoms with Crippen molar-refractivity contribution in [3.63, 3.8) is 0 Å². The van der Waals surface area contributed by atoms with Crippen LogP contribution in [0.4, 0.5) is 28.4 Å². The van der Waals surface area contributed by atoms with Crippen LogP contribution in [0.15, 0.2) is 226 Å². The Labute approximate surface area is 638 Å². The number of alkyl halides is 1. The van der Waals surface area contributed by atoms with Crippen molar-refractivity contribution >= 4 is 137 Å². The van der Waals surface area contributed by atoms with Crippen LogP contribution in [0, 0.1) is 63.4 Å². The predicted octanol–water partition coefficient (Wildman–Crippen LogP) is 6.54. The number of aromatic carboxylic acids is 1. The molecule has 3 N–H and O–H groups in total. The van der Waals surface area contributed by atoms with Crippen LogP contribution < -0.4 is 63.7 Å². The second kappa shape index (κ2) is 43.6. The third-order valence-electron chi connectivity index (χ3n) is 13.4. The summed E-state index contributed by atoms with van der Waals surface area (Å²) in [6.07, 6.45) is 24.4. The van der Waals surface area contributed by atoms with E-state index in [0.29, 0.717) is 33.8 Å². The number of carboxylic acids is 1. The molecule has 32 nitrogen and oxygen atoms in total. The number of terminal acetylenes is 1. The normalized spacial score (nSPS) is 9.62. The summed E-state index contributed by atoms with van der Waals surface area (Å²) in [5.41, 5.74) is 5.51. The van der Waals surface area contributed by atoms with Gasteiger partial charge in [0.1, 0.15) is 20.8 Å². The van der Waals surface area contributed by atoms with Crippen LogP contribution in [0.2, 0.25) is 0 Å². The molecule has 35 heteroatoms. The number of H-pyrrole nitrogens is 1. The number of aromatic nitrogens is 8. The zero-order valence-corrected chi connectivity index (χ0v) is 60.9. The van der Waals surface area contributed by atoms with Crippen LogP contribution in [-0.4, -0.2) is 104 Å². The van der Waals surface area contributed by atoms with Crippen molar-refractivity contribution in [2.45, 2.75) is 13.5 Å². The molecule has 0 saturated carbocycles. The van der Waals surface area contributed by atoms with Crippen molar-refractivity contribution in [1.29, 1.82) is 0 Å². The summed E-state index contributed by atoms with van der Waals surface area (Å²) >= 11 is 2.15. The van der Waals surface area contributed by atoms with E-state index in [1.165, 1.54) is 84.2 Å². The number of rotatable bonds is 13. The van der Waals surface area contributed by atoms with Crippen LogP contribution in [0.5, 0.6) is 0 Å². The molecule has 0 aliphatic rings. The number of hydrogen-bond donors (Lipinski definition) is 2. The number of halogens is 1. The Morgan fingerprint density at radius 3 is 1.39 bits per heavy atom. The van der Waals surface area contributed by atoms with Gasteiger partial charge in [0, 0.05) is 168 Å². The van der Waals surface area contributed by atoms with Crippen molar-refractivity contribution < 1.29 is 135 Å². The number of nitrogens with zero attached hydrogens (tertiary/aromatic N) is 12. The largest absolute Gasteiger partial charge is 1.00 e. The minimum absolute atomic E-state index is 0. The summed E-state index contributed by atoms with van der Waals surface area (Å²) in [7, 11) is 3.73. The van der Waals surface area contributed by atoms with Gasteiger partial charge in [-0.1, -0.05) is 22.6 Å². The Hall–Kier alpha value is -11.8. The molecule has 5 aromatic carbocycles. The number of nitrogens with one attached hydrogen (secondary N) is 1. The number of ether oxygens (including phenoxy) is 2. The first kappa shape index (κ1) is 84.5. The zero-order valence-electron chi connectivity index (χ0n) is 56.7. The van der Waals surface area contributed by atoms with Gasteiger partial charge in [-0.3, -0.25) is 69.9 Å². The quantitative estimate of drug-likeness (QED) is 0.0142. The van der Waals surface area contributed by atoms with Crippen LogP contribution in [0.25, 0.3) is 54.5 Å². The summed E-state index contributed by atoms with van der Waals surface area (Å²) in [5.74, 6) is -1.84. The maximum absolute atomic E-state index is 12.0. The second-order valence-electron chi connectivity index (χ2n) is 19.5. The number of esters is 2. The predicted molar refractivity (Wildman–Crippen MR) is 376 cm³/mol. The fourth-order valence-electron chi connectivity index (χ4n) is 8.83. The Morgan fingerprint density at radius 1 is 0.588 bits per heavy atom. The first-order valence-corrected chi connectivity index (χ1v) is 30.2. The first-order chi connectivity index (χ1) is 48.1. The molecule has 13 rings (SSSR count). The number of aryl methyl sites for hydroxylation is 2. The Bertz CT molecular complexity index is 5070. The average Bonchev–Trinajstić information content (AvgIpc) is 1.69. The number of nitro benzene ring substituents is 5. The number of carbonyl (C=O) groups excluding carboxylic acids is 4. The minimum Gasteiger partial charge on any atom is -1.00 e. The zero-order chi connectivity index (χ0) is 73.4. The van der Waals surface area contributed by atoms with E-state index in [-0.39, 0.29) is 118 Å². The number of benzene rings is 5. The second-order valence-corrected chi connectivity index (χ2v) is 19.5. The molecule has 13 aromatic rings. The molecule has 0 aliphatic heterocycles. The van der Waals surface area contributed by atoms with Gasteiger partial charge < -0.3 is 45.0 Å². The molecule has 8 aromatic heterocycles. The number of aromatic amines is 1. The third kappa shape index (κ3) is 24.6. The summed E-state index contributed by atoms with van der Waals surface area (Å²) in [4.78, 5) is 116. The van der Waals surface area contributed by atoms with Crippen molar-refractivity contribution in [2.75, 3.05) is 4.93 Å². The fraction of sp³-hybridized carbons (Fsp3) is 0.0746. The maximum Gasteiger partial charge on any atom is 1.00 e. The average molecular weight is 1520 g/mol. The van der Waals surface area contributed by atoms with Crippen LogP contribution in [0.1, 0.15) is 33.9 Å². The van der Waals surface area contributed by atoms with Gasteiger partial charge in [-0.15, -0.1) is 12.8 Å². The molecule has 0 aliphatic carbocycles. The standard InChI is InChI=1S/C16H14N3O4.C15H11N3O4.C9H6N2O3.C9H8N2O2.C8H6N2O2.C6H5NO2.C2H2.CH3I.CH2O.2Na.H2O.H/c1-17-7-2-3-13(10-17)16(20)23-11-18-8-6-12-9-14(19(21)22)4-5-15(12)18;19-15(12-2-1-6-16-9-12)22-10-17-7-5-11-8-13(18(20)21)3-4-14(11)17;12-6-10-4-3-7-5-8(11(13)14)1-2-9(7)10;1-10-5-4-7-6-8(11(12)13)2-3-9(7)10;11-10(12)7-1-2-8-6(5-7)3-4-9-8;8-6(9)5-2-1-3-7-4-5;3*1-2;;;;/h2-10H,11H2,1H3;1-9H,10H2;1-6H;2-6H,1H3;1-5,9H;1-4H,(H,8,9);1-2H;1H3;1H2;;;1H2;/q+1;;;;;;;;;2*+1;;-1/p-1/i;;;;;;1D;;;;;;.